The van der Waals surface area contributed by atoms with Crippen molar-refractivity contribution in [2.24, 2.45) is 5.92 Å². The molecule has 1 heterocycles. The fourth-order valence-electron chi connectivity index (χ4n) is 2.64. The third kappa shape index (κ3) is 3.42. The molecule has 0 aliphatic carbocycles. The van der Waals surface area contributed by atoms with Gasteiger partial charge in [-0.2, -0.15) is 0 Å². The maximum Gasteiger partial charge on any atom is 0.137 e. The lowest BCUT2D eigenvalue weighted by Gasteiger charge is -2.15. The lowest BCUT2D eigenvalue weighted by molar-refractivity contribution is -0.122. The van der Waals surface area contributed by atoms with Gasteiger partial charge in [-0.25, -0.2) is 0 Å². The molecule has 2 rings (SSSR count). The summed E-state index contributed by atoms with van der Waals surface area (Å²) >= 11 is 0. The molecule has 0 radical (unpaired) electrons. The number of rotatable bonds is 5. The summed E-state index contributed by atoms with van der Waals surface area (Å²) in [5.41, 5.74) is 2.65. The van der Waals surface area contributed by atoms with Crippen molar-refractivity contribution in [1.82, 2.24) is 4.90 Å². The highest BCUT2D eigenvalue weighted by molar-refractivity contribution is 5.81. The van der Waals surface area contributed by atoms with Crippen LogP contribution in [0.2, 0.25) is 0 Å². The Morgan fingerprint density at radius 2 is 2.06 bits per heavy atom. The highest BCUT2D eigenvalue weighted by Gasteiger charge is 2.27. The average molecular weight is 245 g/mol. The van der Waals surface area contributed by atoms with E-state index in [1.165, 1.54) is 11.1 Å². The largest absolute Gasteiger partial charge is 0.299 e. The predicted octanol–water partition coefficient (Wildman–Crippen LogP) is 3.19. The number of hydrogen-bond acceptors (Lipinski definition) is 2. The molecule has 0 saturated carbocycles. The zero-order chi connectivity index (χ0) is 13.0. The quantitative estimate of drug-likeness (QED) is 0.794. The first-order chi connectivity index (χ1) is 8.69. The number of hydrogen-bond donors (Lipinski definition) is 0. The second-order valence-electron chi connectivity index (χ2n) is 5.42. The highest BCUT2D eigenvalue weighted by atomic mass is 16.1. The number of aryl methyl sites for hydroxylation is 1. The van der Waals surface area contributed by atoms with Gasteiger partial charge in [0.25, 0.3) is 0 Å². The third-order valence-corrected chi connectivity index (χ3v) is 3.75. The van der Waals surface area contributed by atoms with Gasteiger partial charge in [-0.1, -0.05) is 36.8 Å². The van der Waals surface area contributed by atoms with E-state index in [-0.39, 0.29) is 5.92 Å². The van der Waals surface area contributed by atoms with Crippen LogP contribution in [0.1, 0.15) is 37.3 Å². The van der Waals surface area contributed by atoms with Crippen molar-refractivity contribution in [1.29, 1.82) is 0 Å². The van der Waals surface area contributed by atoms with Crippen molar-refractivity contribution in [3.05, 3.63) is 35.4 Å². The van der Waals surface area contributed by atoms with Crippen LogP contribution in [0.4, 0.5) is 0 Å². The third-order valence-electron chi connectivity index (χ3n) is 3.75. The van der Waals surface area contributed by atoms with Crippen molar-refractivity contribution in [2.75, 3.05) is 13.1 Å². The fraction of sp³-hybridized carbons (Fsp3) is 0.562. The van der Waals surface area contributed by atoms with Gasteiger partial charge in [0.05, 0.1) is 0 Å². The summed E-state index contributed by atoms with van der Waals surface area (Å²) in [6.07, 6.45) is 2.78. The van der Waals surface area contributed by atoms with Crippen LogP contribution in [0.3, 0.4) is 0 Å². The summed E-state index contributed by atoms with van der Waals surface area (Å²) in [7, 11) is 0. The van der Waals surface area contributed by atoms with Crippen LogP contribution in [0.15, 0.2) is 24.3 Å². The Balaban J connectivity index is 1.86. The molecule has 1 fully saturated rings. The molecule has 1 aromatic rings. The van der Waals surface area contributed by atoms with Gasteiger partial charge in [0.15, 0.2) is 0 Å². The maximum absolute atomic E-state index is 11.9. The minimum Gasteiger partial charge on any atom is -0.299 e. The first kappa shape index (κ1) is 13.3. The normalized spacial score (nSPS) is 20.2. The number of nitrogens with zero attached hydrogens (tertiary/aromatic N) is 1. The minimum atomic E-state index is 0.287. The molecule has 0 bridgehead atoms. The molecule has 0 aromatic heterocycles. The minimum absolute atomic E-state index is 0.287. The molecule has 1 aliphatic heterocycles. The summed E-state index contributed by atoms with van der Waals surface area (Å²) < 4.78 is 0. The zero-order valence-corrected chi connectivity index (χ0v) is 11.5. The highest BCUT2D eigenvalue weighted by Crippen LogP contribution is 2.21. The smallest absolute Gasteiger partial charge is 0.137 e. The number of ketones is 1. The summed E-state index contributed by atoms with van der Waals surface area (Å²) in [6.45, 7) is 7.19. The molecule has 2 nitrogen and oxygen atoms in total. The first-order valence-corrected chi connectivity index (χ1v) is 6.99. The van der Waals surface area contributed by atoms with Crippen molar-refractivity contribution in [3.63, 3.8) is 0 Å². The molecule has 1 unspecified atom stereocenters. The molecule has 1 aliphatic rings. The Kier molecular flexibility index (Phi) is 4.54. The van der Waals surface area contributed by atoms with Crippen LogP contribution >= 0.6 is 0 Å². The Bertz CT molecular complexity index is 396. The number of likely N-dealkylation sites (tertiary alicyclic amines) is 1. The number of Topliss-reactive ketones (excluding diaryl/α,β-unsaturated/α-hetero) is 1. The van der Waals surface area contributed by atoms with E-state index in [4.69, 9.17) is 0 Å². The second kappa shape index (κ2) is 6.14. The van der Waals surface area contributed by atoms with Gasteiger partial charge in [-0.3, -0.25) is 9.69 Å². The van der Waals surface area contributed by atoms with Gasteiger partial charge in [-0.15, -0.1) is 0 Å². The monoisotopic (exact) mass is 245 g/mol. The van der Waals surface area contributed by atoms with Crippen LogP contribution in [0.25, 0.3) is 0 Å². The molecule has 98 valence electrons. The van der Waals surface area contributed by atoms with Crippen molar-refractivity contribution in [2.45, 2.75) is 39.7 Å². The van der Waals surface area contributed by atoms with Gasteiger partial charge in [0.2, 0.25) is 0 Å². The van der Waals surface area contributed by atoms with Gasteiger partial charge >= 0.3 is 0 Å². The summed E-state index contributed by atoms with van der Waals surface area (Å²) in [5.74, 6) is 0.749. The lowest BCUT2D eigenvalue weighted by Crippen LogP contribution is -2.22. The molecule has 1 aromatic carbocycles. The van der Waals surface area contributed by atoms with Crippen molar-refractivity contribution in [3.8, 4) is 0 Å². The molecule has 1 saturated heterocycles. The summed E-state index contributed by atoms with van der Waals surface area (Å²) in [5, 5.41) is 0. The standard InChI is InChI=1S/C16H23NO/c1-3-4-16(18)15-9-10-17(12-15)11-14-7-5-13(2)6-8-14/h5-8,15H,3-4,9-12H2,1-2H3. The number of carbonyl (C=O) groups excluding carboxylic acids is 1. The molecule has 0 N–H and O–H groups in total. The van der Waals surface area contributed by atoms with E-state index in [2.05, 4.69) is 43.0 Å². The van der Waals surface area contributed by atoms with Crippen molar-refractivity contribution >= 4 is 5.78 Å². The topological polar surface area (TPSA) is 20.3 Å². The molecular formula is C16H23NO. The van der Waals surface area contributed by atoms with Crippen molar-refractivity contribution < 1.29 is 4.79 Å². The zero-order valence-electron chi connectivity index (χ0n) is 11.5. The van der Waals surface area contributed by atoms with E-state index >= 15 is 0 Å². The molecular weight excluding hydrogens is 222 g/mol. The van der Waals surface area contributed by atoms with Gasteiger partial charge < -0.3 is 0 Å². The Labute approximate surface area is 110 Å². The SMILES string of the molecule is CCCC(=O)C1CCN(Cc2ccc(C)cc2)C1. The lowest BCUT2D eigenvalue weighted by atomic mass is 10.00. The molecule has 2 heteroatoms. The van der Waals surface area contributed by atoms with E-state index in [0.717, 1.165) is 38.9 Å². The first-order valence-electron chi connectivity index (χ1n) is 6.99. The maximum atomic E-state index is 11.9. The Morgan fingerprint density at radius 3 is 2.72 bits per heavy atom. The fourth-order valence-corrected chi connectivity index (χ4v) is 2.64. The van der Waals surface area contributed by atoms with Crippen LogP contribution < -0.4 is 0 Å². The number of carbonyl (C=O) groups is 1. The van der Waals surface area contributed by atoms with E-state index in [9.17, 15) is 4.79 Å². The average Bonchev–Trinajstić information content (AvgIpc) is 2.81. The van der Waals surface area contributed by atoms with Crippen LogP contribution in [-0.2, 0) is 11.3 Å². The Morgan fingerprint density at radius 1 is 1.33 bits per heavy atom. The molecule has 18 heavy (non-hydrogen) atoms. The van der Waals surface area contributed by atoms with E-state index in [1.807, 2.05) is 0 Å². The van der Waals surface area contributed by atoms with Gasteiger partial charge in [-0.05, 0) is 31.9 Å². The number of benzene rings is 1. The van der Waals surface area contributed by atoms with Crippen LogP contribution in [-0.4, -0.2) is 23.8 Å². The Hall–Kier alpha value is -1.15. The van der Waals surface area contributed by atoms with E-state index in [1.54, 1.807) is 0 Å². The van der Waals surface area contributed by atoms with E-state index < -0.39 is 0 Å². The summed E-state index contributed by atoms with van der Waals surface area (Å²) in [6, 6.07) is 8.70. The molecule has 0 amide bonds. The second-order valence-corrected chi connectivity index (χ2v) is 5.42. The van der Waals surface area contributed by atoms with Gasteiger partial charge in [0.1, 0.15) is 5.78 Å². The van der Waals surface area contributed by atoms with Crippen LogP contribution in [0.5, 0.6) is 0 Å². The van der Waals surface area contributed by atoms with E-state index in [0.29, 0.717) is 5.78 Å². The molecule has 1 atom stereocenters. The molecule has 0 spiro atoms. The summed E-state index contributed by atoms with van der Waals surface area (Å²) in [4.78, 5) is 14.3. The predicted molar refractivity (Wildman–Crippen MR) is 74.5 cm³/mol. The van der Waals surface area contributed by atoms with Gasteiger partial charge in [0, 0.05) is 25.4 Å². The van der Waals surface area contributed by atoms with Crippen LogP contribution in [0, 0.1) is 12.8 Å².